The van der Waals surface area contributed by atoms with E-state index in [2.05, 4.69) is 10.2 Å². The van der Waals surface area contributed by atoms with Crippen molar-refractivity contribution in [2.45, 2.75) is 69.6 Å². The van der Waals surface area contributed by atoms with Crippen LogP contribution in [0, 0.1) is 17.7 Å². The number of carbonyl (C=O) groups is 3. The summed E-state index contributed by atoms with van der Waals surface area (Å²) >= 11 is 8.00. The van der Waals surface area contributed by atoms with Crippen molar-refractivity contribution in [1.82, 2.24) is 9.80 Å². The number of piperidine rings is 1. The van der Waals surface area contributed by atoms with E-state index in [-0.39, 0.29) is 58.6 Å². The van der Waals surface area contributed by atoms with Crippen LogP contribution in [-0.4, -0.2) is 90.8 Å². The van der Waals surface area contributed by atoms with Crippen LogP contribution in [0.1, 0.15) is 60.9 Å². The summed E-state index contributed by atoms with van der Waals surface area (Å²) < 4.78 is 28.2. The minimum Gasteiger partial charge on any atom is -0.481 e. The van der Waals surface area contributed by atoms with Crippen molar-refractivity contribution in [2.24, 2.45) is 11.8 Å². The standard InChI is InChI=1S/C36H43ClFN3O6S/c1-46-19-22-10-12-40(13-11-22)25-16-26(20-47-27-8-6-23(7-9-27)36(44)45)41(18-25)34(42)15-24-14-30(37)32(17-31(24)38)39-35(43)29-21-48-33-5-3-2-4-28(29)33/h2-5,14,17,21-23,25-27H,6-13,15-16,18-20H2,1H3,(H,39,43)(H,44,45)/t23?,25-,26-,27?/m0/s1. The van der Waals surface area contributed by atoms with Gasteiger partial charge in [0.2, 0.25) is 5.91 Å². The third-order valence-corrected chi connectivity index (χ3v) is 11.6. The summed E-state index contributed by atoms with van der Waals surface area (Å²) in [7, 11) is 1.73. The molecule has 2 N–H and O–H groups in total. The molecule has 258 valence electrons. The number of hydrogen-bond acceptors (Lipinski definition) is 7. The average Bonchev–Trinajstić information content (AvgIpc) is 3.72. The maximum Gasteiger partial charge on any atom is 0.306 e. The number of halogens is 2. The van der Waals surface area contributed by atoms with E-state index in [0.717, 1.165) is 49.0 Å². The molecule has 9 nitrogen and oxygen atoms in total. The highest BCUT2D eigenvalue weighted by Crippen LogP contribution is 2.33. The highest BCUT2D eigenvalue weighted by Gasteiger charge is 2.40. The lowest BCUT2D eigenvalue weighted by Gasteiger charge is -2.35. The van der Waals surface area contributed by atoms with Gasteiger partial charge in [0.25, 0.3) is 5.91 Å². The fourth-order valence-corrected chi connectivity index (χ4v) is 8.67. The van der Waals surface area contributed by atoms with E-state index >= 15 is 4.39 Å². The number of hydrogen-bond donors (Lipinski definition) is 2. The predicted octanol–water partition coefficient (Wildman–Crippen LogP) is 6.48. The maximum atomic E-state index is 15.5. The number of benzene rings is 2. The number of aliphatic carboxylic acids is 1. The van der Waals surface area contributed by atoms with Gasteiger partial charge in [-0.2, -0.15) is 0 Å². The summed E-state index contributed by atoms with van der Waals surface area (Å²) in [5.74, 6) is -1.74. The van der Waals surface area contributed by atoms with Crippen molar-refractivity contribution in [3.8, 4) is 0 Å². The first-order chi connectivity index (χ1) is 23.2. The maximum absolute atomic E-state index is 15.5. The van der Waals surface area contributed by atoms with Crippen LogP contribution in [-0.2, 0) is 25.5 Å². The minimum atomic E-state index is -0.753. The first-order valence-electron chi connectivity index (χ1n) is 16.8. The molecule has 1 aromatic heterocycles. The zero-order valence-electron chi connectivity index (χ0n) is 27.2. The van der Waals surface area contributed by atoms with Gasteiger partial charge in [0, 0.05) is 41.8 Å². The molecule has 6 rings (SSSR count). The van der Waals surface area contributed by atoms with Gasteiger partial charge < -0.3 is 24.8 Å². The van der Waals surface area contributed by atoms with E-state index in [4.69, 9.17) is 21.1 Å². The minimum absolute atomic E-state index is 0.0348. The fourth-order valence-electron chi connectivity index (χ4n) is 7.49. The molecule has 12 heteroatoms. The molecule has 2 saturated heterocycles. The summed E-state index contributed by atoms with van der Waals surface area (Å²) in [4.78, 5) is 42.6. The second kappa shape index (κ2) is 15.6. The van der Waals surface area contributed by atoms with Gasteiger partial charge in [0.15, 0.2) is 0 Å². The Morgan fingerprint density at radius 1 is 1.06 bits per heavy atom. The molecule has 3 heterocycles. The Kier molecular flexibility index (Phi) is 11.3. The van der Waals surface area contributed by atoms with Gasteiger partial charge in [0.05, 0.1) is 47.4 Å². The largest absolute Gasteiger partial charge is 0.481 e. The van der Waals surface area contributed by atoms with Gasteiger partial charge in [-0.05, 0) is 87.7 Å². The topological polar surface area (TPSA) is 108 Å². The Balaban J connectivity index is 1.12. The molecule has 0 unspecified atom stereocenters. The number of carboxylic acids is 1. The van der Waals surface area contributed by atoms with Gasteiger partial charge in [0.1, 0.15) is 5.82 Å². The molecule has 1 aliphatic carbocycles. The molecule has 3 aliphatic rings. The van der Waals surface area contributed by atoms with E-state index in [9.17, 15) is 19.5 Å². The van der Waals surface area contributed by atoms with Crippen LogP contribution in [0.25, 0.3) is 10.1 Å². The predicted molar refractivity (Wildman–Crippen MR) is 184 cm³/mol. The van der Waals surface area contributed by atoms with Crippen LogP contribution in [0.4, 0.5) is 10.1 Å². The molecule has 3 fully saturated rings. The summed E-state index contributed by atoms with van der Waals surface area (Å²) in [6, 6.07) is 10.2. The third-order valence-electron chi connectivity index (χ3n) is 10.3. The van der Waals surface area contributed by atoms with Gasteiger partial charge >= 0.3 is 5.97 Å². The summed E-state index contributed by atoms with van der Waals surface area (Å²) in [6.45, 7) is 3.52. The van der Waals surface area contributed by atoms with Crippen molar-refractivity contribution < 1.29 is 33.4 Å². The zero-order chi connectivity index (χ0) is 33.8. The number of likely N-dealkylation sites (tertiary alicyclic amines) is 2. The first kappa shape index (κ1) is 34.8. The molecule has 0 spiro atoms. The summed E-state index contributed by atoms with van der Waals surface area (Å²) in [5.41, 5.74) is 0.799. The SMILES string of the molecule is COCC1CCN([C@H]2C[C@@H](COC3CCC(C(=O)O)CC3)N(C(=O)Cc3cc(Cl)c(NC(=O)c4csc5ccccc45)cc3F)C2)CC1. The molecule has 48 heavy (non-hydrogen) atoms. The van der Waals surface area contributed by atoms with E-state index in [1.165, 1.54) is 23.5 Å². The van der Waals surface area contributed by atoms with Crippen molar-refractivity contribution in [3.05, 3.63) is 63.7 Å². The molecule has 3 aromatic rings. The van der Waals surface area contributed by atoms with Crippen molar-refractivity contribution in [3.63, 3.8) is 0 Å². The second-order valence-corrected chi connectivity index (χ2v) is 14.7. The number of ether oxygens (including phenoxy) is 2. The number of carbonyl (C=O) groups excluding carboxylic acids is 2. The number of methoxy groups -OCH3 is 1. The third kappa shape index (κ3) is 8.03. The highest BCUT2D eigenvalue weighted by molar-refractivity contribution is 7.17. The van der Waals surface area contributed by atoms with E-state index in [0.29, 0.717) is 50.3 Å². The molecular formula is C36H43ClFN3O6S. The van der Waals surface area contributed by atoms with Crippen molar-refractivity contribution in [1.29, 1.82) is 0 Å². The quantitative estimate of drug-likeness (QED) is 0.236. The van der Waals surface area contributed by atoms with E-state index in [1.807, 2.05) is 29.2 Å². The fraction of sp³-hybridized carbons (Fsp3) is 0.528. The molecule has 2 amide bonds. The lowest BCUT2D eigenvalue weighted by molar-refractivity contribution is -0.144. The van der Waals surface area contributed by atoms with Crippen LogP contribution >= 0.6 is 22.9 Å². The number of nitrogens with one attached hydrogen (secondary N) is 1. The monoisotopic (exact) mass is 699 g/mol. The lowest BCUT2D eigenvalue weighted by atomic mass is 9.87. The summed E-state index contributed by atoms with van der Waals surface area (Å²) in [6.07, 6.45) is 5.19. The van der Waals surface area contributed by atoms with Crippen LogP contribution in [0.2, 0.25) is 5.02 Å². The number of rotatable bonds is 11. The van der Waals surface area contributed by atoms with Gasteiger partial charge in [-0.1, -0.05) is 29.8 Å². The lowest BCUT2D eigenvalue weighted by Crippen LogP contribution is -2.44. The Bertz CT molecular complexity index is 1620. The Morgan fingerprint density at radius 3 is 2.54 bits per heavy atom. The average molecular weight is 700 g/mol. The highest BCUT2D eigenvalue weighted by atomic mass is 35.5. The number of fused-ring (bicyclic) bond motifs is 1. The molecule has 2 aliphatic heterocycles. The Labute approximate surface area is 289 Å². The van der Waals surface area contributed by atoms with Gasteiger partial charge in [-0.15, -0.1) is 11.3 Å². The van der Waals surface area contributed by atoms with Crippen molar-refractivity contribution in [2.75, 3.05) is 45.3 Å². The van der Waals surface area contributed by atoms with Gasteiger partial charge in [-0.25, -0.2) is 4.39 Å². The number of anilines is 1. The number of amides is 2. The van der Waals surface area contributed by atoms with E-state index in [1.54, 1.807) is 12.5 Å². The zero-order valence-corrected chi connectivity index (χ0v) is 28.7. The molecule has 1 saturated carbocycles. The van der Waals surface area contributed by atoms with Crippen molar-refractivity contribution >= 4 is 56.5 Å². The number of carboxylic acid groups (broad SMARTS) is 1. The number of thiophene rings is 1. The Hall–Kier alpha value is -3.09. The Morgan fingerprint density at radius 2 is 1.81 bits per heavy atom. The first-order valence-corrected chi connectivity index (χ1v) is 18.1. The van der Waals surface area contributed by atoms with Crippen LogP contribution in [0.5, 0.6) is 0 Å². The van der Waals surface area contributed by atoms with Crippen LogP contribution in [0.3, 0.4) is 0 Å². The molecular weight excluding hydrogens is 657 g/mol. The molecule has 2 aromatic carbocycles. The molecule has 2 atom stereocenters. The second-order valence-electron chi connectivity index (χ2n) is 13.4. The van der Waals surface area contributed by atoms with Gasteiger partial charge in [-0.3, -0.25) is 19.3 Å². The smallest absolute Gasteiger partial charge is 0.306 e. The number of nitrogens with zero attached hydrogens (tertiary/aromatic N) is 2. The van der Waals surface area contributed by atoms with E-state index < -0.39 is 11.8 Å². The molecule has 0 bridgehead atoms. The van der Waals surface area contributed by atoms with Crippen LogP contribution in [0.15, 0.2) is 41.8 Å². The molecule has 0 radical (unpaired) electrons. The normalized spacial score (nSPS) is 23.9. The summed E-state index contributed by atoms with van der Waals surface area (Å²) in [5, 5.41) is 14.8. The van der Waals surface area contributed by atoms with Crippen LogP contribution < -0.4 is 5.32 Å².